The van der Waals surface area contributed by atoms with Crippen molar-refractivity contribution in [3.8, 4) is 5.75 Å². The van der Waals surface area contributed by atoms with Gasteiger partial charge in [-0.25, -0.2) is 0 Å². The fraction of sp³-hybridized carbons (Fsp3) is 0.526. The summed E-state index contributed by atoms with van der Waals surface area (Å²) in [5.74, 6) is 2.47. The highest BCUT2D eigenvalue weighted by Gasteiger charge is 2.34. The smallest absolute Gasteiger partial charge is 0.220 e. The molecule has 4 rings (SSSR count). The second-order valence-corrected chi connectivity index (χ2v) is 6.92. The number of hydrogen-bond acceptors (Lipinski definition) is 4. The highest BCUT2D eigenvalue weighted by atomic mass is 16.5. The maximum absolute atomic E-state index is 11.6. The van der Waals surface area contributed by atoms with Crippen LogP contribution in [-0.2, 0) is 11.3 Å². The molecule has 3 heterocycles. The minimum Gasteiger partial charge on any atom is -0.497 e. The van der Waals surface area contributed by atoms with Gasteiger partial charge in [-0.3, -0.25) is 9.69 Å². The Labute approximate surface area is 141 Å². The molecule has 0 unspecified atom stereocenters. The molecule has 1 aromatic heterocycles. The van der Waals surface area contributed by atoms with Crippen LogP contribution in [0.5, 0.6) is 5.75 Å². The normalized spacial score (nSPS) is 25.1. The second-order valence-electron chi connectivity index (χ2n) is 6.92. The summed E-state index contributed by atoms with van der Waals surface area (Å²) >= 11 is 0. The van der Waals surface area contributed by atoms with Crippen LogP contribution in [0, 0.1) is 5.92 Å². The van der Waals surface area contributed by atoms with E-state index in [-0.39, 0.29) is 5.91 Å². The van der Waals surface area contributed by atoms with Crippen LogP contribution in [0.1, 0.15) is 31.4 Å². The average Bonchev–Trinajstić information content (AvgIpc) is 3.20. The van der Waals surface area contributed by atoms with Crippen molar-refractivity contribution in [3.05, 3.63) is 30.0 Å². The molecule has 2 aliphatic rings. The zero-order valence-corrected chi connectivity index (χ0v) is 14.1. The number of fused-ring (bicyclic) bond motifs is 1. The average molecular weight is 328 g/mol. The zero-order valence-electron chi connectivity index (χ0n) is 14.1. The van der Waals surface area contributed by atoms with E-state index >= 15 is 0 Å². The molecule has 2 fully saturated rings. The van der Waals surface area contributed by atoms with Crippen molar-refractivity contribution in [2.45, 2.75) is 38.3 Å². The summed E-state index contributed by atoms with van der Waals surface area (Å²) in [6.07, 6.45) is 4.31. The molecule has 5 nitrogen and oxygen atoms in total. The maximum Gasteiger partial charge on any atom is 0.220 e. The maximum atomic E-state index is 11.6. The van der Waals surface area contributed by atoms with Gasteiger partial charge in [0, 0.05) is 30.3 Å². The molecular formula is C19H24N2O3. The van der Waals surface area contributed by atoms with E-state index in [1.807, 2.05) is 18.2 Å². The highest BCUT2D eigenvalue weighted by Crippen LogP contribution is 2.30. The Bertz CT molecular complexity index is 739. The molecule has 24 heavy (non-hydrogen) atoms. The quantitative estimate of drug-likeness (QED) is 0.937. The molecule has 0 bridgehead atoms. The number of benzene rings is 1. The van der Waals surface area contributed by atoms with Gasteiger partial charge in [-0.1, -0.05) is 6.42 Å². The largest absolute Gasteiger partial charge is 0.497 e. The molecule has 2 aromatic rings. The molecule has 5 heteroatoms. The van der Waals surface area contributed by atoms with E-state index in [1.54, 1.807) is 7.11 Å². The first-order chi connectivity index (χ1) is 11.7. The van der Waals surface area contributed by atoms with Crippen LogP contribution in [0.15, 0.2) is 28.7 Å². The van der Waals surface area contributed by atoms with Gasteiger partial charge in [0.15, 0.2) is 0 Å². The predicted octanol–water partition coefficient (Wildman–Crippen LogP) is 2.93. The number of nitrogens with zero attached hydrogens (tertiary/aromatic N) is 1. The van der Waals surface area contributed by atoms with Crippen molar-refractivity contribution in [3.63, 3.8) is 0 Å². The van der Waals surface area contributed by atoms with Gasteiger partial charge in [0.1, 0.15) is 17.1 Å². The number of hydrogen-bond donors (Lipinski definition) is 1. The van der Waals surface area contributed by atoms with Crippen LogP contribution in [0.2, 0.25) is 0 Å². The SMILES string of the molecule is COc1ccc2oc(CN3CCCC[C@@H]3[C@H]3CNC(=O)C3)cc2c1. The fourth-order valence-corrected chi connectivity index (χ4v) is 4.13. The van der Waals surface area contributed by atoms with E-state index in [0.717, 1.165) is 42.1 Å². The predicted molar refractivity (Wildman–Crippen MR) is 91.9 cm³/mol. The number of rotatable bonds is 4. The van der Waals surface area contributed by atoms with Crippen LogP contribution < -0.4 is 10.1 Å². The Kier molecular flexibility index (Phi) is 4.19. The van der Waals surface area contributed by atoms with Crippen molar-refractivity contribution < 1.29 is 13.9 Å². The molecule has 1 amide bonds. The van der Waals surface area contributed by atoms with E-state index in [4.69, 9.17) is 9.15 Å². The van der Waals surface area contributed by atoms with E-state index in [2.05, 4.69) is 16.3 Å². The first-order valence-electron chi connectivity index (χ1n) is 8.80. The van der Waals surface area contributed by atoms with E-state index in [1.165, 1.54) is 19.3 Å². The Morgan fingerprint density at radius 3 is 3.04 bits per heavy atom. The summed E-state index contributed by atoms with van der Waals surface area (Å²) in [4.78, 5) is 14.1. The molecule has 1 aromatic carbocycles. The first kappa shape index (κ1) is 15.5. The molecule has 2 aliphatic heterocycles. The van der Waals surface area contributed by atoms with Gasteiger partial charge in [-0.2, -0.15) is 0 Å². The van der Waals surface area contributed by atoms with Gasteiger partial charge in [-0.15, -0.1) is 0 Å². The Hall–Kier alpha value is -2.01. The van der Waals surface area contributed by atoms with Gasteiger partial charge in [0.05, 0.1) is 13.7 Å². The number of carbonyl (C=O) groups is 1. The topological polar surface area (TPSA) is 54.7 Å². The highest BCUT2D eigenvalue weighted by molar-refractivity contribution is 5.79. The number of amides is 1. The molecule has 128 valence electrons. The fourth-order valence-electron chi connectivity index (χ4n) is 4.13. The number of carbonyl (C=O) groups excluding carboxylic acids is 1. The van der Waals surface area contributed by atoms with E-state index < -0.39 is 0 Å². The monoisotopic (exact) mass is 328 g/mol. The number of methoxy groups -OCH3 is 1. The van der Waals surface area contributed by atoms with E-state index in [0.29, 0.717) is 18.4 Å². The lowest BCUT2D eigenvalue weighted by atomic mass is 9.89. The van der Waals surface area contributed by atoms with Crippen molar-refractivity contribution in [1.82, 2.24) is 10.2 Å². The molecule has 0 aliphatic carbocycles. The van der Waals surface area contributed by atoms with Crippen LogP contribution >= 0.6 is 0 Å². The van der Waals surface area contributed by atoms with Crippen molar-refractivity contribution in [2.75, 3.05) is 20.2 Å². The minimum atomic E-state index is 0.196. The molecular weight excluding hydrogens is 304 g/mol. The lowest BCUT2D eigenvalue weighted by Gasteiger charge is -2.38. The lowest BCUT2D eigenvalue weighted by molar-refractivity contribution is -0.119. The van der Waals surface area contributed by atoms with Gasteiger partial charge in [0.25, 0.3) is 0 Å². The van der Waals surface area contributed by atoms with Crippen molar-refractivity contribution in [2.24, 2.45) is 5.92 Å². The second kappa shape index (κ2) is 6.48. The van der Waals surface area contributed by atoms with Crippen LogP contribution in [0.3, 0.4) is 0 Å². The van der Waals surface area contributed by atoms with Gasteiger partial charge < -0.3 is 14.5 Å². The number of ether oxygens (including phenoxy) is 1. The summed E-state index contributed by atoms with van der Waals surface area (Å²) in [5, 5.41) is 4.06. The summed E-state index contributed by atoms with van der Waals surface area (Å²) in [5.41, 5.74) is 0.900. The molecule has 2 saturated heterocycles. The molecule has 0 radical (unpaired) electrons. The molecule has 0 spiro atoms. The lowest BCUT2D eigenvalue weighted by Crippen LogP contribution is -2.44. The number of nitrogens with one attached hydrogen (secondary N) is 1. The third kappa shape index (κ3) is 3.00. The van der Waals surface area contributed by atoms with Crippen LogP contribution in [-0.4, -0.2) is 37.0 Å². The minimum absolute atomic E-state index is 0.196. The first-order valence-corrected chi connectivity index (χ1v) is 8.80. The summed E-state index contributed by atoms with van der Waals surface area (Å²) < 4.78 is 11.3. The molecule has 0 saturated carbocycles. The van der Waals surface area contributed by atoms with Gasteiger partial charge >= 0.3 is 0 Å². The Balaban J connectivity index is 1.52. The number of likely N-dealkylation sites (tertiary alicyclic amines) is 1. The molecule has 1 N–H and O–H groups in total. The van der Waals surface area contributed by atoms with Crippen molar-refractivity contribution >= 4 is 16.9 Å². The van der Waals surface area contributed by atoms with E-state index in [9.17, 15) is 4.79 Å². The number of piperidine rings is 1. The summed E-state index contributed by atoms with van der Waals surface area (Å²) in [6.45, 7) is 2.71. The zero-order chi connectivity index (χ0) is 16.5. The van der Waals surface area contributed by atoms with Gasteiger partial charge in [-0.05, 0) is 43.7 Å². The van der Waals surface area contributed by atoms with Gasteiger partial charge in [0.2, 0.25) is 5.91 Å². The summed E-state index contributed by atoms with van der Waals surface area (Å²) in [6, 6.07) is 8.48. The van der Waals surface area contributed by atoms with Crippen LogP contribution in [0.25, 0.3) is 11.0 Å². The standard InChI is InChI=1S/C19H24N2O3/c1-23-15-5-6-18-13(8-15)9-16(24-18)12-21-7-3-2-4-17(21)14-10-19(22)20-11-14/h5-6,8-9,14,17H,2-4,7,10-12H2,1H3,(H,20,22)/t14-,17-/m1/s1. The number of furan rings is 1. The third-order valence-corrected chi connectivity index (χ3v) is 5.35. The Morgan fingerprint density at radius 2 is 2.25 bits per heavy atom. The molecule has 2 atom stereocenters. The van der Waals surface area contributed by atoms with Crippen LogP contribution in [0.4, 0.5) is 0 Å². The Morgan fingerprint density at radius 1 is 1.33 bits per heavy atom. The summed E-state index contributed by atoms with van der Waals surface area (Å²) in [7, 11) is 1.68. The third-order valence-electron chi connectivity index (χ3n) is 5.35. The van der Waals surface area contributed by atoms with Crippen molar-refractivity contribution in [1.29, 1.82) is 0 Å².